The fraction of sp³-hybridized carbons (Fsp3) is 0.188. The lowest BCUT2D eigenvalue weighted by molar-refractivity contribution is -0.114. The van der Waals surface area contributed by atoms with E-state index in [1.165, 1.54) is 44.4 Å². The minimum absolute atomic E-state index is 0.0292. The lowest BCUT2D eigenvalue weighted by Crippen LogP contribution is -2.17. The molecule has 2 aromatic carbocycles. The molecule has 11 heteroatoms. The number of carbonyl (C=O) groups excluding carboxylic acids is 1. The summed E-state index contributed by atoms with van der Waals surface area (Å²) in [5.74, 6) is -0.108. The second-order valence-corrected chi connectivity index (χ2v) is 8.89. The Morgan fingerprint density at radius 3 is 2.30 bits per heavy atom. The summed E-state index contributed by atoms with van der Waals surface area (Å²) in [6.45, 7) is 2.82. The van der Waals surface area contributed by atoms with Gasteiger partial charge in [0, 0.05) is 6.92 Å². The van der Waals surface area contributed by atoms with E-state index in [0.29, 0.717) is 5.56 Å². The quantitative estimate of drug-likeness (QED) is 0.653. The fourth-order valence-electron chi connectivity index (χ4n) is 2.33. The van der Waals surface area contributed by atoms with Crippen molar-refractivity contribution < 1.29 is 26.4 Å². The molecule has 2 aromatic rings. The van der Waals surface area contributed by atoms with Gasteiger partial charge >= 0.3 is 0 Å². The third kappa shape index (κ3) is 4.96. The number of methoxy groups -OCH3 is 1. The van der Waals surface area contributed by atoms with Gasteiger partial charge in [-0.15, -0.1) is 0 Å². The number of benzene rings is 2. The smallest absolute Gasteiger partial charge is 0.261 e. The van der Waals surface area contributed by atoms with Gasteiger partial charge in [0.1, 0.15) is 5.75 Å². The first-order chi connectivity index (χ1) is 12.4. The van der Waals surface area contributed by atoms with Gasteiger partial charge in [0.05, 0.1) is 28.3 Å². The van der Waals surface area contributed by atoms with Crippen LogP contribution in [0.25, 0.3) is 0 Å². The number of amides is 1. The molecule has 146 valence electrons. The second-order valence-electron chi connectivity index (χ2n) is 5.67. The molecule has 0 aliphatic heterocycles. The van der Waals surface area contributed by atoms with E-state index in [9.17, 15) is 21.6 Å². The average Bonchev–Trinajstić information content (AvgIpc) is 2.54. The molecule has 0 atom stereocenters. The van der Waals surface area contributed by atoms with Crippen molar-refractivity contribution in [3.05, 3.63) is 42.0 Å². The first-order valence-corrected chi connectivity index (χ1v) is 10.6. The molecule has 0 saturated carbocycles. The van der Waals surface area contributed by atoms with Gasteiger partial charge in [-0.1, -0.05) is 6.07 Å². The molecule has 0 unspecified atom stereocenters. The van der Waals surface area contributed by atoms with Gasteiger partial charge in [0.2, 0.25) is 15.9 Å². The molecule has 0 radical (unpaired) electrons. The normalized spacial score (nSPS) is 11.7. The van der Waals surface area contributed by atoms with E-state index >= 15 is 0 Å². The zero-order valence-electron chi connectivity index (χ0n) is 14.8. The van der Waals surface area contributed by atoms with Crippen LogP contribution in [-0.4, -0.2) is 29.9 Å². The molecular formula is C16H19N3O6S2. The Bertz CT molecular complexity index is 1100. The number of anilines is 2. The van der Waals surface area contributed by atoms with Crippen molar-refractivity contribution in [2.24, 2.45) is 5.14 Å². The topological polar surface area (TPSA) is 145 Å². The van der Waals surface area contributed by atoms with Gasteiger partial charge in [-0.25, -0.2) is 22.0 Å². The first-order valence-electron chi connectivity index (χ1n) is 7.56. The summed E-state index contributed by atoms with van der Waals surface area (Å²) >= 11 is 0. The number of primary sulfonamides is 1. The lowest BCUT2D eigenvalue weighted by atomic mass is 10.2. The van der Waals surface area contributed by atoms with Crippen LogP contribution in [0.15, 0.2) is 46.2 Å². The van der Waals surface area contributed by atoms with Crippen molar-refractivity contribution >= 4 is 37.3 Å². The number of rotatable bonds is 6. The van der Waals surface area contributed by atoms with Crippen LogP contribution < -0.4 is 19.9 Å². The van der Waals surface area contributed by atoms with Crippen molar-refractivity contribution in [3.63, 3.8) is 0 Å². The Hall–Kier alpha value is -2.63. The van der Waals surface area contributed by atoms with Crippen molar-refractivity contribution in [1.29, 1.82) is 0 Å². The number of nitrogens with one attached hydrogen (secondary N) is 2. The molecule has 9 nitrogen and oxygen atoms in total. The minimum Gasteiger partial charge on any atom is -0.495 e. The molecule has 4 N–H and O–H groups in total. The highest BCUT2D eigenvalue weighted by atomic mass is 32.2. The van der Waals surface area contributed by atoms with Gasteiger partial charge in [-0.2, -0.15) is 0 Å². The molecule has 0 aliphatic carbocycles. The van der Waals surface area contributed by atoms with E-state index in [4.69, 9.17) is 9.88 Å². The van der Waals surface area contributed by atoms with Crippen LogP contribution in [-0.2, 0) is 24.8 Å². The zero-order chi connectivity index (χ0) is 20.4. The molecule has 1 amide bonds. The number of hydrogen-bond donors (Lipinski definition) is 3. The van der Waals surface area contributed by atoms with Crippen LogP contribution in [0.3, 0.4) is 0 Å². The largest absolute Gasteiger partial charge is 0.495 e. The summed E-state index contributed by atoms with van der Waals surface area (Å²) in [6.07, 6.45) is 0. The van der Waals surface area contributed by atoms with E-state index < -0.39 is 26.0 Å². The third-order valence-corrected chi connectivity index (χ3v) is 5.97. The van der Waals surface area contributed by atoms with Crippen molar-refractivity contribution in [2.75, 3.05) is 17.1 Å². The van der Waals surface area contributed by atoms with Crippen LogP contribution in [0.2, 0.25) is 0 Å². The molecule has 0 aromatic heterocycles. The number of nitrogens with two attached hydrogens (primary N) is 1. The van der Waals surface area contributed by atoms with E-state index in [0.717, 1.165) is 6.07 Å². The molecule has 0 spiro atoms. The molecule has 2 rings (SSSR count). The number of ether oxygens (including phenoxy) is 1. The van der Waals surface area contributed by atoms with E-state index in [-0.39, 0.29) is 26.9 Å². The summed E-state index contributed by atoms with van der Waals surface area (Å²) in [5.41, 5.74) is 0.598. The van der Waals surface area contributed by atoms with Gasteiger partial charge in [0.15, 0.2) is 0 Å². The summed E-state index contributed by atoms with van der Waals surface area (Å²) in [4.78, 5) is 11.0. The molecule has 0 aliphatic rings. The van der Waals surface area contributed by atoms with E-state index in [2.05, 4.69) is 10.0 Å². The molecular weight excluding hydrogens is 394 g/mol. The number of carbonyl (C=O) groups is 1. The van der Waals surface area contributed by atoms with Gasteiger partial charge in [0.25, 0.3) is 10.0 Å². The maximum absolute atomic E-state index is 12.6. The molecule has 0 saturated heterocycles. The monoisotopic (exact) mass is 413 g/mol. The maximum Gasteiger partial charge on any atom is 0.261 e. The van der Waals surface area contributed by atoms with Crippen molar-refractivity contribution in [2.45, 2.75) is 23.6 Å². The summed E-state index contributed by atoms with van der Waals surface area (Å²) in [6, 6.07) is 7.91. The van der Waals surface area contributed by atoms with Crippen molar-refractivity contribution in [3.8, 4) is 5.75 Å². The molecule has 0 bridgehead atoms. The Morgan fingerprint density at radius 1 is 1.07 bits per heavy atom. The average molecular weight is 413 g/mol. The van der Waals surface area contributed by atoms with Gasteiger partial charge in [-0.3, -0.25) is 9.52 Å². The fourth-order valence-corrected chi connectivity index (χ4v) is 4.21. The van der Waals surface area contributed by atoms with E-state index in [1.807, 2.05) is 0 Å². The Morgan fingerprint density at radius 2 is 1.74 bits per heavy atom. The van der Waals surface area contributed by atoms with Gasteiger partial charge in [-0.05, 0) is 42.8 Å². The molecule has 0 fully saturated rings. The standard InChI is InChI=1S/C16H19N3O6S2/c1-10-4-5-12(8-16(10)26(17,21)22)19-27(23,24)13-6-7-15(25-3)14(9-13)18-11(2)20/h4-9,19H,1-3H3,(H,18,20)(H2,17,21,22). The summed E-state index contributed by atoms with van der Waals surface area (Å²) in [5, 5.41) is 7.63. The predicted molar refractivity (Wildman–Crippen MR) is 101 cm³/mol. The minimum atomic E-state index is -4.06. The SMILES string of the molecule is COc1ccc(S(=O)(=O)Nc2ccc(C)c(S(N)(=O)=O)c2)cc1NC(C)=O. The van der Waals surface area contributed by atoms with Crippen molar-refractivity contribution in [1.82, 2.24) is 0 Å². The van der Waals surface area contributed by atoms with Crippen LogP contribution in [0.5, 0.6) is 5.75 Å². The van der Waals surface area contributed by atoms with Crippen LogP contribution in [0, 0.1) is 6.92 Å². The Kier molecular flexibility index (Phi) is 5.78. The first kappa shape index (κ1) is 20.7. The summed E-state index contributed by atoms with van der Waals surface area (Å²) in [7, 11) is -6.69. The highest BCUT2D eigenvalue weighted by Gasteiger charge is 2.19. The molecule has 27 heavy (non-hydrogen) atoms. The highest BCUT2D eigenvalue weighted by Crippen LogP contribution is 2.29. The van der Waals surface area contributed by atoms with Crippen LogP contribution in [0.1, 0.15) is 12.5 Å². The number of aryl methyl sites for hydroxylation is 1. The molecule has 0 heterocycles. The number of hydrogen-bond acceptors (Lipinski definition) is 6. The Balaban J connectivity index is 2.44. The third-order valence-electron chi connectivity index (χ3n) is 3.54. The zero-order valence-corrected chi connectivity index (χ0v) is 16.4. The van der Waals surface area contributed by atoms with Crippen LogP contribution in [0.4, 0.5) is 11.4 Å². The lowest BCUT2D eigenvalue weighted by Gasteiger charge is -2.13. The highest BCUT2D eigenvalue weighted by molar-refractivity contribution is 7.92. The van der Waals surface area contributed by atoms with Gasteiger partial charge < -0.3 is 10.1 Å². The van der Waals surface area contributed by atoms with E-state index in [1.54, 1.807) is 6.92 Å². The predicted octanol–water partition coefficient (Wildman–Crippen LogP) is 1.41. The maximum atomic E-state index is 12.6. The summed E-state index contributed by atoms with van der Waals surface area (Å²) < 4.78 is 55.9. The second kappa shape index (κ2) is 7.55. The number of sulfonamides is 2. The Labute approximate surface area is 157 Å². The van der Waals surface area contributed by atoms with Crippen LogP contribution >= 0.6 is 0 Å².